The smallest absolute Gasteiger partial charge is 0.263 e. The Balaban J connectivity index is 1.61. The SMILES string of the molecule is Cc1ccc(-n2c(C)c(C)c3c(NC(=O)COc4cccc(C#N)c4)ncnc32)cc1. The van der Waals surface area contributed by atoms with Crippen molar-refractivity contribution < 1.29 is 9.53 Å². The fourth-order valence-electron chi connectivity index (χ4n) is 3.48. The van der Waals surface area contributed by atoms with Crippen molar-refractivity contribution in [2.75, 3.05) is 11.9 Å². The number of hydrogen-bond acceptors (Lipinski definition) is 5. The van der Waals surface area contributed by atoms with Gasteiger partial charge in [0.25, 0.3) is 5.91 Å². The van der Waals surface area contributed by atoms with Gasteiger partial charge in [0.2, 0.25) is 0 Å². The van der Waals surface area contributed by atoms with Crippen LogP contribution in [0.25, 0.3) is 16.7 Å². The zero-order valence-corrected chi connectivity index (χ0v) is 17.5. The number of rotatable bonds is 5. The lowest BCUT2D eigenvalue weighted by atomic mass is 10.2. The zero-order valence-electron chi connectivity index (χ0n) is 17.5. The van der Waals surface area contributed by atoms with Gasteiger partial charge < -0.3 is 10.1 Å². The second kappa shape index (κ2) is 8.28. The lowest BCUT2D eigenvalue weighted by molar-refractivity contribution is -0.118. The predicted octanol–water partition coefficient (Wildman–Crippen LogP) is 4.23. The third-order valence-corrected chi connectivity index (χ3v) is 5.18. The Labute approximate surface area is 179 Å². The maximum Gasteiger partial charge on any atom is 0.263 e. The number of carbonyl (C=O) groups excluding carboxylic acids is 1. The summed E-state index contributed by atoms with van der Waals surface area (Å²) < 4.78 is 7.58. The number of aromatic nitrogens is 3. The van der Waals surface area contributed by atoms with Crippen LogP contribution in [0.5, 0.6) is 5.75 Å². The monoisotopic (exact) mass is 411 g/mol. The van der Waals surface area contributed by atoms with Gasteiger partial charge in [-0.05, 0) is 56.7 Å². The highest BCUT2D eigenvalue weighted by Crippen LogP contribution is 2.31. The minimum absolute atomic E-state index is 0.197. The van der Waals surface area contributed by atoms with Gasteiger partial charge in [-0.1, -0.05) is 23.8 Å². The van der Waals surface area contributed by atoms with Crippen LogP contribution in [0.4, 0.5) is 5.82 Å². The first-order valence-corrected chi connectivity index (χ1v) is 9.80. The number of nitriles is 1. The van der Waals surface area contributed by atoms with Crippen molar-refractivity contribution in [3.05, 3.63) is 77.2 Å². The normalized spacial score (nSPS) is 10.6. The van der Waals surface area contributed by atoms with Gasteiger partial charge in [0.15, 0.2) is 12.3 Å². The van der Waals surface area contributed by atoms with E-state index in [1.807, 2.05) is 39.0 Å². The molecule has 1 N–H and O–H groups in total. The summed E-state index contributed by atoms with van der Waals surface area (Å²) in [6.45, 7) is 5.86. The highest BCUT2D eigenvalue weighted by Gasteiger charge is 2.19. The molecule has 1 amide bonds. The highest BCUT2D eigenvalue weighted by atomic mass is 16.5. The Bertz CT molecular complexity index is 1320. The third kappa shape index (κ3) is 3.96. The highest BCUT2D eigenvalue weighted by molar-refractivity contribution is 6.01. The number of benzene rings is 2. The standard InChI is InChI=1S/C24H21N5O2/c1-15-7-9-19(10-8-15)29-17(3)16(2)22-23(26-14-27-24(22)29)28-21(30)13-31-20-6-4-5-18(11-20)12-25/h4-11,14H,13H2,1-3H3,(H,26,27,28,30). The van der Waals surface area contributed by atoms with E-state index >= 15 is 0 Å². The fraction of sp³-hybridized carbons (Fsp3) is 0.167. The third-order valence-electron chi connectivity index (χ3n) is 5.18. The number of anilines is 1. The van der Waals surface area contributed by atoms with E-state index in [9.17, 15) is 4.79 Å². The molecule has 0 aliphatic heterocycles. The molecule has 2 aromatic carbocycles. The predicted molar refractivity (Wildman–Crippen MR) is 118 cm³/mol. The average Bonchev–Trinajstić information content (AvgIpc) is 3.04. The van der Waals surface area contributed by atoms with E-state index in [0.29, 0.717) is 17.1 Å². The Morgan fingerprint density at radius 3 is 2.65 bits per heavy atom. The molecule has 0 atom stereocenters. The van der Waals surface area contributed by atoms with E-state index in [1.165, 1.54) is 11.9 Å². The summed E-state index contributed by atoms with van der Waals surface area (Å²) in [5, 5.41) is 12.6. The Morgan fingerprint density at radius 2 is 1.90 bits per heavy atom. The minimum Gasteiger partial charge on any atom is -0.484 e. The number of aryl methyl sites for hydroxylation is 2. The second-order valence-corrected chi connectivity index (χ2v) is 7.28. The van der Waals surface area contributed by atoms with Crippen LogP contribution in [0.15, 0.2) is 54.9 Å². The van der Waals surface area contributed by atoms with Gasteiger partial charge in [-0.3, -0.25) is 9.36 Å². The van der Waals surface area contributed by atoms with Crippen molar-refractivity contribution in [3.63, 3.8) is 0 Å². The van der Waals surface area contributed by atoms with Gasteiger partial charge in [-0.2, -0.15) is 5.26 Å². The van der Waals surface area contributed by atoms with E-state index < -0.39 is 0 Å². The summed E-state index contributed by atoms with van der Waals surface area (Å²) in [5.74, 6) is 0.554. The van der Waals surface area contributed by atoms with Crippen molar-refractivity contribution in [3.8, 4) is 17.5 Å². The molecule has 7 nitrogen and oxygen atoms in total. The van der Waals surface area contributed by atoms with Crippen LogP contribution in [0.1, 0.15) is 22.4 Å². The van der Waals surface area contributed by atoms with Gasteiger partial charge in [-0.25, -0.2) is 9.97 Å². The van der Waals surface area contributed by atoms with Gasteiger partial charge in [0.1, 0.15) is 17.9 Å². The molecule has 0 unspecified atom stereocenters. The van der Waals surface area contributed by atoms with Gasteiger partial charge in [0, 0.05) is 11.4 Å². The molecule has 4 aromatic rings. The van der Waals surface area contributed by atoms with Crippen LogP contribution in [0.2, 0.25) is 0 Å². The maximum absolute atomic E-state index is 12.5. The lowest BCUT2D eigenvalue weighted by Gasteiger charge is -2.09. The summed E-state index contributed by atoms with van der Waals surface area (Å²) in [7, 11) is 0. The van der Waals surface area contributed by atoms with E-state index in [-0.39, 0.29) is 12.5 Å². The number of nitrogens with one attached hydrogen (secondary N) is 1. The average molecular weight is 411 g/mol. The summed E-state index contributed by atoms with van der Waals surface area (Å²) >= 11 is 0. The number of amides is 1. The van der Waals surface area contributed by atoms with E-state index in [2.05, 4.69) is 32.0 Å². The molecule has 31 heavy (non-hydrogen) atoms. The largest absolute Gasteiger partial charge is 0.484 e. The molecular weight excluding hydrogens is 390 g/mol. The summed E-state index contributed by atoms with van der Waals surface area (Å²) in [5.41, 5.74) is 5.40. The molecule has 154 valence electrons. The van der Waals surface area contributed by atoms with E-state index in [4.69, 9.17) is 10.00 Å². The number of nitrogens with zero attached hydrogens (tertiary/aromatic N) is 4. The van der Waals surface area contributed by atoms with E-state index in [0.717, 1.165) is 28.0 Å². The molecule has 0 spiro atoms. The van der Waals surface area contributed by atoms with Crippen LogP contribution in [-0.4, -0.2) is 27.0 Å². The molecule has 0 saturated heterocycles. The zero-order chi connectivity index (χ0) is 22.0. The van der Waals surface area contributed by atoms with E-state index in [1.54, 1.807) is 24.3 Å². The molecule has 0 fully saturated rings. The number of carbonyl (C=O) groups is 1. The first-order valence-electron chi connectivity index (χ1n) is 9.80. The Kier molecular flexibility index (Phi) is 5.37. The van der Waals surface area contributed by atoms with Crippen LogP contribution in [0, 0.1) is 32.1 Å². The van der Waals surface area contributed by atoms with Crippen LogP contribution >= 0.6 is 0 Å². The Morgan fingerprint density at radius 1 is 1.13 bits per heavy atom. The molecule has 2 heterocycles. The molecular formula is C24H21N5O2. The number of hydrogen-bond donors (Lipinski definition) is 1. The van der Waals surface area contributed by atoms with Gasteiger partial charge in [-0.15, -0.1) is 0 Å². The number of fused-ring (bicyclic) bond motifs is 1. The van der Waals surface area contributed by atoms with Gasteiger partial charge in [0.05, 0.1) is 17.0 Å². The van der Waals surface area contributed by atoms with Crippen molar-refractivity contribution >= 4 is 22.8 Å². The van der Waals surface area contributed by atoms with Crippen molar-refractivity contribution in [1.29, 1.82) is 5.26 Å². The summed E-state index contributed by atoms with van der Waals surface area (Å²) in [6, 6.07) is 16.9. The molecule has 0 bridgehead atoms. The molecule has 0 aliphatic rings. The van der Waals surface area contributed by atoms with Crippen LogP contribution in [0.3, 0.4) is 0 Å². The fourth-order valence-corrected chi connectivity index (χ4v) is 3.48. The molecule has 0 saturated carbocycles. The minimum atomic E-state index is -0.345. The van der Waals surface area contributed by atoms with Crippen molar-refractivity contribution in [2.45, 2.75) is 20.8 Å². The number of ether oxygens (including phenoxy) is 1. The van der Waals surface area contributed by atoms with Gasteiger partial charge >= 0.3 is 0 Å². The topological polar surface area (TPSA) is 92.8 Å². The first-order chi connectivity index (χ1) is 15.0. The first kappa shape index (κ1) is 20.1. The van der Waals surface area contributed by atoms with Crippen molar-refractivity contribution in [2.24, 2.45) is 0 Å². The molecule has 7 heteroatoms. The molecule has 0 radical (unpaired) electrons. The molecule has 0 aliphatic carbocycles. The van der Waals surface area contributed by atoms with Crippen LogP contribution < -0.4 is 10.1 Å². The summed E-state index contributed by atoms with van der Waals surface area (Å²) in [4.78, 5) is 21.3. The quantitative estimate of drug-likeness (QED) is 0.530. The Hall–Kier alpha value is -4.18. The molecule has 2 aromatic heterocycles. The second-order valence-electron chi connectivity index (χ2n) is 7.28. The molecule has 4 rings (SSSR count). The lowest BCUT2D eigenvalue weighted by Crippen LogP contribution is -2.21. The van der Waals surface area contributed by atoms with Crippen LogP contribution in [-0.2, 0) is 4.79 Å². The maximum atomic E-state index is 12.5. The van der Waals surface area contributed by atoms with Crippen molar-refractivity contribution in [1.82, 2.24) is 14.5 Å². The summed E-state index contributed by atoms with van der Waals surface area (Å²) in [6.07, 6.45) is 1.44.